The van der Waals surface area contributed by atoms with E-state index >= 15 is 0 Å². The molecule has 0 aliphatic carbocycles. The van der Waals surface area contributed by atoms with Gasteiger partial charge in [0, 0.05) is 10.4 Å². The van der Waals surface area contributed by atoms with Gasteiger partial charge < -0.3 is 0 Å². The predicted molar refractivity (Wildman–Crippen MR) is 57.6 cm³/mol. The average Bonchev–Trinajstić information content (AvgIpc) is 2.16. The molecule has 2 heteroatoms. The molecular formula is C11H13BrF. The maximum Gasteiger partial charge on any atom is 0.0963 e. The molecule has 1 aromatic rings. The molecule has 0 N–H and O–H groups in total. The third-order valence-electron chi connectivity index (χ3n) is 2.13. The molecule has 1 radical (unpaired) electrons. The zero-order chi connectivity index (χ0) is 9.84. The minimum Gasteiger partial charge on any atom is -0.250 e. The van der Waals surface area contributed by atoms with Crippen LogP contribution in [0.25, 0.3) is 0 Å². The van der Waals surface area contributed by atoms with E-state index in [0.717, 1.165) is 16.5 Å². The monoisotopic (exact) mass is 243 g/mol. The van der Waals surface area contributed by atoms with Crippen LogP contribution in [0.3, 0.4) is 0 Å². The van der Waals surface area contributed by atoms with Crippen LogP contribution >= 0.6 is 15.9 Å². The molecule has 0 heterocycles. The molecule has 13 heavy (non-hydrogen) atoms. The van der Waals surface area contributed by atoms with Gasteiger partial charge in [0.1, 0.15) is 0 Å². The van der Waals surface area contributed by atoms with E-state index in [1.807, 2.05) is 18.2 Å². The lowest BCUT2D eigenvalue weighted by Gasteiger charge is -2.13. The van der Waals surface area contributed by atoms with Gasteiger partial charge >= 0.3 is 0 Å². The second-order valence-electron chi connectivity index (χ2n) is 3.01. The lowest BCUT2D eigenvalue weighted by Crippen LogP contribution is -2.01. The number of hydrogen-bond acceptors (Lipinski definition) is 0. The van der Waals surface area contributed by atoms with Crippen molar-refractivity contribution in [3.63, 3.8) is 0 Å². The molecule has 0 aliphatic rings. The van der Waals surface area contributed by atoms with E-state index in [-0.39, 0.29) is 5.92 Å². The van der Waals surface area contributed by atoms with Crippen LogP contribution in [0.15, 0.2) is 22.7 Å². The van der Waals surface area contributed by atoms with Gasteiger partial charge in [-0.25, -0.2) is 0 Å². The maximum absolute atomic E-state index is 12.4. The van der Waals surface area contributed by atoms with Crippen LogP contribution in [0.2, 0.25) is 0 Å². The van der Waals surface area contributed by atoms with Crippen molar-refractivity contribution in [2.75, 3.05) is 6.67 Å². The smallest absolute Gasteiger partial charge is 0.0963 e. The molecule has 0 nitrogen and oxygen atoms in total. The number of hydrogen-bond donors (Lipinski definition) is 0. The highest BCUT2D eigenvalue weighted by Crippen LogP contribution is 2.26. The van der Waals surface area contributed by atoms with Crippen molar-refractivity contribution in [1.29, 1.82) is 0 Å². The number of alkyl halides is 1. The standard InChI is InChI=1S/C11H13BrF/c1-3-9-10(8(2)7-13)5-4-6-11(9)12/h4-6,8H,2-3,7H2,1H3. The highest BCUT2D eigenvalue weighted by atomic mass is 79.9. The lowest BCUT2D eigenvalue weighted by molar-refractivity contribution is 0.464. The van der Waals surface area contributed by atoms with Gasteiger partial charge in [0.15, 0.2) is 0 Å². The first kappa shape index (κ1) is 10.7. The highest BCUT2D eigenvalue weighted by molar-refractivity contribution is 9.10. The van der Waals surface area contributed by atoms with Crippen molar-refractivity contribution < 1.29 is 4.39 Å². The third-order valence-corrected chi connectivity index (χ3v) is 2.88. The quantitative estimate of drug-likeness (QED) is 0.756. The molecule has 0 saturated carbocycles. The van der Waals surface area contributed by atoms with Crippen LogP contribution in [0.4, 0.5) is 4.39 Å². The van der Waals surface area contributed by atoms with E-state index in [0.29, 0.717) is 0 Å². The summed E-state index contributed by atoms with van der Waals surface area (Å²) in [4.78, 5) is 0. The second kappa shape index (κ2) is 4.75. The molecule has 1 aromatic carbocycles. The van der Waals surface area contributed by atoms with Crippen molar-refractivity contribution in [2.45, 2.75) is 19.3 Å². The molecule has 0 aliphatic heterocycles. The largest absolute Gasteiger partial charge is 0.250 e. The normalized spacial score (nSPS) is 12.9. The fourth-order valence-corrected chi connectivity index (χ4v) is 2.08. The van der Waals surface area contributed by atoms with Crippen molar-refractivity contribution in [3.8, 4) is 0 Å². The Bertz CT molecular complexity index is 283. The van der Waals surface area contributed by atoms with E-state index in [1.54, 1.807) is 0 Å². The summed E-state index contributed by atoms with van der Waals surface area (Å²) >= 11 is 3.45. The van der Waals surface area contributed by atoms with Crippen LogP contribution < -0.4 is 0 Å². The Balaban J connectivity index is 3.12. The minimum absolute atomic E-state index is 0.243. The van der Waals surface area contributed by atoms with E-state index in [9.17, 15) is 4.39 Å². The molecule has 0 spiro atoms. The summed E-state index contributed by atoms with van der Waals surface area (Å²) in [6.45, 7) is 5.45. The molecule has 1 rings (SSSR count). The molecule has 1 atom stereocenters. The predicted octanol–water partition coefficient (Wildman–Crippen LogP) is 3.90. The van der Waals surface area contributed by atoms with Crippen molar-refractivity contribution in [2.24, 2.45) is 0 Å². The van der Waals surface area contributed by atoms with Gasteiger partial charge in [0.2, 0.25) is 0 Å². The van der Waals surface area contributed by atoms with Gasteiger partial charge in [0.05, 0.1) is 6.67 Å². The van der Waals surface area contributed by atoms with Crippen LogP contribution in [0.1, 0.15) is 24.0 Å². The van der Waals surface area contributed by atoms with E-state index in [1.165, 1.54) is 5.56 Å². The molecule has 0 bridgehead atoms. The van der Waals surface area contributed by atoms with E-state index < -0.39 is 6.67 Å². The van der Waals surface area contributed by atoms with Crippen molar-refractivity contribution in [1.82, 2.24) is 0 Å². The number of rotatable bonds is 3. The van der Waals surface area contributed by atoms with Gasteiger partial charge in [-0.2, -0.15) is 0 Å². The summed E-state index contributed by atoms with van der Waals surface area (Å²) < 4.78 is 13.5. The van der Waals surface area contributed by atoms with Gasteiger partial charge in [-0.15, -0.1) is 0 Å². The molecule has 0 amide bonds. The first-order valence-electron chi connectivity index (χ1n) is 4.37. The minimum atomic E-state index is -0.399. The molecule has 0 aromatic heterocycles. The Morgan fingerprint density at radius 1 is 1.54 bits per heavy atom. The Labute approximate surface area is 87.3 Å². The number of benzene rings is 1. The van der Waals surface area contributed by atoms with Gasteiger partial charge in [-0.05, 0) is 30.5 Å². The summed E-state index contributed by atoms with van der Waals surface area (Å²) in [7, 11) is 0. The Morgan fingerprint density at radius 3 is 2.77 bits per heavy atom. The van der Waals surface area contributed by atoms with Gasteiger partial charge in [-0.1, -0.05) is 35.0 Å². The molecule has 0 fully saturated rings. The summed E-state index contributed by atoms with van der Waals surface area (Å²) in [5.74, 6) is -0.243. The fourth-order valence-electron chi connectivity index (χ4n) is 1.41. The second-order valence-corrected chi connectivity index (χ2v) is 3.87. The highest BCUT2D eigenvalue weighted by Gasteiger charge is 2.11. The van der Waals surface area contributed by atoms with Crippen molar-refractivity contribution in [3.05, 3.63) is 40.7 Å². The molecule has 71 valence electrons. The molecule has 1 unspecified atom stereocenters. The first-order valence-corrected chi connectivity index (χ1v) is 5.16. The van der Waals surface area contributed by atoms with Crippen LogP contribution in [0, 0.1) is 6.92 Å². The molecular weight excluding hydrogens is 231 g/mol. The lowest BCUT2D eigenvalue weighted by atomic mass is 9.95. The summed E-state index contributed by atoms with van der Waals surface area (Å²) in [6.07, 6.45) is 0.906. The zero-order valence-electron chi connectivity index (χ0n) is 7.69. The van der Waals surface area contributed by atoms with E-state index in [4.69, 9.17) is 0 Å². The zero-order valence-corrected chi connectivity index (χ0v) is 9.27. The first-order chi connectivity index (χ1) is 6.20. The van der Waals surface area contributed by atoms with Crippen LogP contribution in [-0.4, -0.2) is 6.67 Å². The van der Waals surface area contributed by atoms with Crippen LogP contribution in [-0.2, 0) is 6.42 Å². The maximum atomic E-state index is 12.4. The molecule has 0 saturated heterocycles. The Morgan fingerprint density at radius 2 is 2.23 bits per heavy atom. The third kappa shape index (κ3) is 2.31. The summed E-state index contributed by atoms with van der Waals surface area (Å²) in [5.41, 5.74) is 2.18. The average molecular weight is 244 g/mol. The topological polar surface area (TPSA) is 0 Å². The Kier molecular flexibility index (Phi) is 3.91. The van der Waals surface area contributed by atoms with Gasteiger partial charge in [0.25, 0.3) is 0 Å². The summed E-state index contributed by atoms with van der Waals surface area (Å²) in [5, 5.41) is 0. The Hall–Kier alpha value is -0.370. The van der Waals surface area contributed by atoms with Gasteiger partial charge in [-0.3, -0.25) is 4.39 Å². The SMILES string of the molecule is [CH2]C(CF)c1cccc(Br)c1CC. The van der Waals surface area contributed by atoms with Crippen LogP contribution in [0.5, 0.6) is 0 Å². The van der Waals surface area contributed by atoms with Crippen molar-refractivity contribution >= 4 is 15.9 Å². The number of halogens is 2. The fraction of sp³-hybridized carbons (Fsp3) is 0.364. The van der Waals surface area contributed by atoms with E-state index in [2.05, 4.69) is 29.8 Å². The summed E-state index contributed by atoms with van der Waals surface area (Å²) in [6, 6.07) is 5.85.